The molecule has 0 N–H and O–H groups in total. The summed E-state index contributed by atoms with van der Waals surface area (Å²) in [6, 6.07) is 0. The summed E-state index contributed by atoms with van der Waals surface area (Å²) in [6.45, 7) is 3.67. The van der Waals surface area contributed by atoms with E-state index in [0.29, 0.717) is 12.8 Å². The van der Waals surface area contributed by atoms with Crippen LogP contribution in [0.4, 0.5) is 0 Å². The van der Waals surface area contributed by atoms with E-state index < -0.39 is 20.9 Å². The Bertz CT molecular complexity index is 205. The van der Waals surface area contributed by atoms with Gasteiger partial charge in [0, 0.05) is 0 Å². The van der Waals surface area contributed by atoms with Gasteiger partial charge in [-0.25, -0.2) is 0 Å². The zero-order chi connectivity index (χ0) is 10.1. The normalized spacial score (nSPS) is 11.2. The summed E-state index contributed by atoms with van der Waals surface area (Å²) in [6.07, 6.45) is 4.34. The van der Waals surface area contributed by atoms with Crippen LogP contribution in [0.1, 0.15) is 26.7 Å². The van der Waals surface area contributed by atoms with Crippen molar-refractivity contribution in [2.24, 2.45) is 0 Å². The molecule has 0 aliphatic carbocycles. The molecular formula is C10H14O2Te. The molecule has 2 nitrogen and oxygen atoms in total. The molecule has 0 aliphatic rings. The minimum absolute atomic E-state index is 0.153. The van der Waals surface area contributed by atoms with Crippen LogP contribution in [0.25, 0.3) is 0 Å². The van der Waals surface area contributed by atoms with Gasteiger partial charge >= 0.3 is 89.2 Å². The van der Waals surface area contributed by atoms with Crippen LogP contribution in [0, 0.1) is 0 Å². The number of carbonyl (C=O) groups excluding carboxylic acids is 2. The van der Waals surface area contributed by atoms with E-state index in [9.17, 15) is 9.59 Å². The molecule has 0 aromatic carbocycles. The van der Waals surface area contributed by atoms with Gasteiger partial charge in [-0.15, -0.1) is 0 Å². The van der Waals surface area contributed by atoms with E-state index in [0.717, 1.165) is 0 Å². The van der Waals surface area contributed by atoms with Crippen molar-refractivity contribution in [3.8, 4) is 0 Å². The average molecular weight is 294 g/mol. The molecule has 0 rings (SSSR count). The van der Waals surface area contributed by atoms with Crippen molar-refractivity contribution in [3.05, 3.63) is 20.4 Å². The van der Waals surface area contributed by atoms with Crippen LogP contribution in [0.2, 0.25) is 0 Å². The molecule has 0 saturated heterocycles. The van der Waals surface area contributed by atoms with Gasteiger partial charge in [0.15, 0.2) is 0 Å². The van der Waals surface area contributed by atoms with Crippen molar-refractivity contribution in [1.29, 1.82) is 0 Å². The first kappa shape index (κ1) is 12.6. The van der Waals surface area contributed by atoms with Gasteiger partial charge in [-0.05, 0) is 0 Å². The van der Waals surface area contributed by atoms with Gasteiger partial charge in [-0.2, -0.15) is 0 Å². The molecule has 0 heterocycles. The Morgan fingerprint density at radius 1 is 1.00 bits per heavy atom. The van der Waals surface area contributed by atoms with Crippen molar-refractivity contribution in [1.82, 2.24) is 0 Å². The van der Waals surface area contributed by atoms with Crippen LogP contribution in [-0.4, -0.2) is 32.5 Å². The molecule has 0 radical (unpaired) electrons. The molecule has 0 saturated carbocycles. The molecule has 0 atom stereocenters. The monoisotopic (exact) mass is 296 g/mol. The molecule has 72 valence electrons. The molecule has 13 heavy (non-hydrogen) atoms. The Hall–Kier alpha value is -0.390. The predicted molar refractivity (Wildman–Crippen MR) is 54.6 cm³/mol. The second-order valence-electron chi connectivity index (χ2n) is 2.38. The Morgan fingerprint density at radius 3 is 1.69 bits per heavy atom. The second kappa shape index (κ2) is 8.22. The summed E-state index contributed by atoms with van der Waals surface area (Å²) in [5, 5.41) is 0. The summed E-state index contributed by atoms with van der Waals surface area (Å²) in [4.78, 5) is 21.6. The van der Waals surface area contributed by atoms with E-state index in [4.69, 9.17) is 0 Å². The van der Waals surface area contributed by atoms with E-state index in [1.807, 2.05) is 22.1 Å². The van der Waals surface area contributed by atoms with Gasteiger partial charge in [0.2, 0.25) is 0 Å². The SMILES string of the molecule is CCC(=O)/C=C\[Te]/C=C/C(=O)CC. The second-order valence-corrected chi connectivity index (χ2v) is 4.71. The van der Waals surface area contributed by atoms with Crippen molar-refractivity contribution in [3.63, 3.8) is 0 Å². The first-order valence-corrected chi connectivity index (χ1v) is 6.94. The molecule has 0 aromatic heterocycles. The number of carbonyl (C=O) groups is 2. The summed E-state index contributed by atoms with van der Waals surface area (Å²) in [7, 11) is 0. The number of hydrogen-bond acceptors (Lipinski definition) is 2. The van der Waals surface area contributed by atoms with Gasteiger partial charge in [0.05, 0.1) is 0 Å². The summed E-state index contributed by atoms with van der Waals surface area (Å²) >= 11 is -0.422. The fraction of sp³-hybridized carbons (Fsp3) is 0.400. The van der Waals surface area contributed by atoms with Gasteiger partial charge in [0.25, 0.3) is 0 Å². The third-order valence-corrected chi connectivity index (χ3v) is 3.04. The summed E-state index contributed by atoms with van der Waals surface area (Å²) < 4.78 is 3.80. The Kier molecular flexibility index (Phi) is 7.97. The minimum atomic E-state index is -0.422. The molecule has 3 heteroatoms. The number of hydrogen-bond donors (Lipinski definition) is 0. The molecule has 0 fully saturated rings. The molecule has 0 aliphatic heterocycles. The number of allylic oxidation sites excluding steroid dienone is 2. The fourth-order valence-corrected chi connectivity index (χ4v) is 2.09. The van der Waals surface area contributed by atoms with Crippen molar-refractivity contribution in [2.45, 2.75) is 26.7 Å². The van der Waals surface area contributed by atoms with Gasteiger partial charge < -0.3 is 0 Å². The van der Waals surface area contributed by atoms with Crippen LogP contribution < -0.4 is 0 Å². The van der Waals surface area contributed by atoms with Crippen LogP contribution in [0.5, 0.6) is 0 Å². The van der Waals surface area contributed by atoms with Crippen molar-refractivity contribution < 1.29 is 9.59 Å². The van der Waals surface area contributed by atoms with Crippen molar-refractivity contribution in [2.75, 3.05) is 0 Å². The van der Waals surface area contributed by atoms with Crippen LogP contribution in [-0.2, 0) is 9.59 Å². The molecule has 0 aromatic rings. The quantitative estimate of drug-likeness (QED) is 0.551. The summed E-state index contributed by atoms with van der Waals surface area (Å²) in [5.74, 6) is 0.306. The zero-order valence-corrected chi connectivity index (χ0v) is 10.3. The Morgan fingerprint density at radius 2 is 1.38 bits per heavy atom. The zero-order valence-electron chi connectivity index (χ0n) is 7.95. The van der Waals surface area contributed by atoms with E-state index in [1.54, 1.807) is 12.2 Å². The third-order valence-electron chi connectivity index (χ3n) is 1.36. The standard InChI is InChI=1S/C10H14O2Te/c1-3-9(11)5-7-13-8-6-10(12)4-2/h5-8H,3-4H2,1-2H3/b7-5-,8-6+. The third kappa shape index (κ3) is 7.95. The molecule has 0 spiro atoms. The number of ketones is 2. The molecule has 0 amide bonds. The van der Waals surface area contributed by atoms with E-state index >= 15 is 0 Å². The van der Waals surface area contributed by atoms with Gasteiger partial charge in [-0.1, -0.05) is 0 Å². The van der Waals surface area contributed by atoms with E-state index in [1.165, 1.54) is 0 Å². The van der Waals surface area contributed by atoms with Crippen molar-refractivity contribution >= 4 is 32.5 Å². The van der Waals surface area contributed by atoms with Gasteiger partial charge in [0.1, 0.15) is 0 Å². The van der Waals surface area contributed by atoms with Crippen LogP contribution >= 0.6 is 0 Å². The average Bonchev–Trinajstić information content (AvgIpc) is 2.16. The predicted octanol–water partition coefficient (Wildman–Crippen LogP) is 1.68. The van der Waals surface area contributed by atoms with Crippen LogP contribution in [0.15, 0.2) is 20.4 Å². The maximum absolute atomic E-state index is 10.8. The molecule has 0 bridgehead atoms. The first-order valence-electron chi connectivity index (χ1n) is 4.24. The number of rotatable bonds is 6. The Balaban J connectivity index is 3.66. The first-order chi connectivity index (χ1) is 6.20. The maximum atomic E-state index is 10.8. The van der Waals surface area contributed by atoms with Gasteiger partial charge in [-0.3, -0.25) is 0 Å². The molecular weight excluding hydrogens is 280 g/mol. The summed E-state index contributed by atoms with van der Waals surface area (Å²) in [5.41, 5.74) is 0. The fourth-order valence-electron chi connectivity index (χ4n) is 0.511. The van der Waals surface area contributed by atoms with E-state index in [2.05, 4.69) is 0 Å². The topological polar surface area (TPSA) is 34.1 Å². The molecule has 0 unspecified atom stereocenters. The van der Waals surface area contributed by atoms with E-state index in [-0.39, 0.29) is 11.6 Å². The Labute approximate surface area is 89.2 Å². The van der Waals surface area contributed by atoms with Crippen LogP contribution in [0.3, 0.4) is 0 Å².